The minimum Gasteiger partial charge on any atom is -0.391 e. The number of epoxide rings is 1. The fourth-order valence-electron chi connectivity index (χ4n) is 3.94. The molecule has 5 aliphatic heterocycles. The molecule has 5 saturated heterocycles. The molecule has 23 heteroatoms. The van der Waals surface area contributed by atoms with E-state index in [4.69, 9.17) is 38.9 Å². The van der Waals surface area contributed by atoms with E-state index in [0.29, 0.717) is 75.8 Å². The molecule has 0 spiro atoms. The third-order valence-electron chi connectivity index (χ3n) is 6.94. The fraction of sp³-hybridized carbons (Fsp3) is 1.00. The summed E-state index contributed by atoms with van der Waals surface area (Å²) in [6.07, 6.45) is -0.694. The molecule has 0 saturated carbocycles. The number of hydrogen-bond acceptors (Lipinski definition) is 18. The summed E-state index contributed by atoms with van der Waals surface area (Å²) in [5.41, 5.74) is 5.25. The van der Waals surface area contributed by atoms with Crippen molar-refractivity contribution >= 4 is 64.5 Å². The number of aliphatic hydroxyl groups excluding tert-OH is 2. The van der Waals surface area contributed by atoms with Crippen LogP contribution in [-0.2, 0) is 44.2 Å². The summed E-state index contributed by atoms with van der Waals surface area (Å²) in [6, 6.07) is 0. The van der Waals surface area contributed by atoms with Crippen LogP contribution in [0.5, 0.6) is 0 Å². The first-order valence-electron chi connectivity index (χ1n) is 15.8. The number of nitrogens with two attached hydrogens (primary N) is 1. The average molecular weight is 831 g/mol. The van der Waals surface area contributed by atoms with Crippen molar-refractivity contribution in [3.63, 3.8) is 0 Å². The van der Waals surface area contributed by atoms with Crippen LogP contribution in [0.4, 0.5) is 0 Å². The van der Waals surface area contributed by atoms with Crippen LogP contribution in [0, 0.1) is 0 Å². The number of nitrogens with zero attached hydrogens (tertiary/aromatic N) is 2. The molecule has 3 atom stereocenters. The van der Waals surface area contributed by atoms with Crippen molar-refractivity contribution in [1.82, 2.24) is 20.4 Å². The zero-order valence-electron chi connectivity index (χ0n) is 28.2. The molecule has 0 aromatic heterocycles. The van der Waals surface area contributed by atoms with Crippen LogP contribution in [0.3, 0.4) is 0 Å². The molecule has 296 valence electrons. The first kappa shape index (κ1) is 49.3. The van der Waals surface area contributed by atoms with Crippen LogP contribution < -0.4 is 16.4 Å². The number of rotatable bonds is 8. The van der Waals surface area contributed by atoms with E-state index in [1.165, 1.54) is 31.7 Å². The van der Waals surface area contributed by atoms with E-state index >= 15 is 0 Å². The van der Waals surface area contributed by atoms with E-state index in [1.807, 2.05) is 21.6 Å². The van der Waals surface area contributed by atoms with Gasteiger partial charge in [-0.05, 0) is 0 Å². The van der Waals surface area contributed by atoms with Crippen molar-refractivity contribution in [2.45, 2.75) is 18.3 Å². The maximum atomic E-state index is 11.0. The standard InChI is InChI=1S/C7H14ClNO3S.C7H16N2O3S.C4H9NO2S.C4H9NS.C3H5ClO.CH4O3/c2*8-5-7(10)6-9-1-3-13(11,12)4-2-9;6-8(7)3-1-5-2-4-8;1-3-6-4-2-5-1;4-1-3-2-5-3;1-3-4-2/h7,10H,1-6H2;7,10H,1-6,8H2;5H,1-4H2;5H,1-4H2;3H,1-2H2;2H,1H3. The van der Waals surface area contributed by atoms with E-state index in [9.17, 15) is 35.5 Å². The zero-order valence-corrected chi connectivity index (χ0v) is 32.9. The van der Waals surface area contributed by atoms with Crippen LogP contribution in [0.25, 0.3) is 0 Å². The summed E-state index contributed by atoms with van der Waals surface area (Å²) >= 11 is 12.7. The molecule has 0 aromatic carbocycles. The summed E-state index contributed by atoms with van der Waals surface area (Å²) in [6.45, 7) is 7.78. The Hall–Kier alpha value is 0.340. The molecule has 5 aliphatic rings. The van der Waals surface area contributed by atoms with E-state index in [1.54, 1.807) is 0 Å². The van der Waals surface area contributed by atoms with E-state index in [-0.39, 0.29) is 35.4 Å². The second-order valence-electron chi connectivity index (χ2n) is 11.2. The smallest absolute Gasteiger partial charge is 0.152 e. The average Bonchev–Trinajstić information content (AvgIpc) is 3.94. The largest absolute Gasteiger partial charge is 0.391 e. The molecule has 17 nitrogen and oxygen atoms in total. The number of aliphatic hydroxyl groups is 2. The maximum absolute atomic E-state index is 11.0. The Balaban J connectivity index is 0.000000594. The van der Waals surface area contributed by atoms with Crippen LogP contribution >= 0.6 is 35.0 Å². The van der Waals surface area contributed by atoms with Crippen LogP contribution in [0.1, 0.15) is 0 Å². The third kappa shape index (κ3) is 30.5. The normalized spacial score (nSPS) is 25.2. The maximum Gasteiger partial charge on any atom is 0.152 e. The molecule has 7 N–H and O–H groups in total. The summed E-state index contributed by atoms with van der Waals surface area (Å²) in [4.78, 5) is 7.45. The highest BCUT2D eigenvalue weighted by Gasteiger charge is 2.23. The number of β-amino-alcohol motifs (C(OH)–C–C–N with tert-alkyl or cyclic N) is 2. The van der Waals surface area contributed by atoms with Crippen molar-refractivity contribution in [1.29, 1.82) is 0 Å². The van der Waals surface area contributed by atoms with Crippen molar-refractivity contribution in [3.8, 4) is 0 Å². The number of sulfone groups is 3. The van der Waals surface area contributed by atoms with Gasteiger partial charge in [0.15, 0.2) is 29.5 Å². The summed E-state index contributed by atoms with van der Waals surface area (Å²) in [5.74, 6) is 4.89. The van der Waals surface area contributed by atoms with Gasteiger partial charge < -0.3 is 31.3 Å². The lowest BCUT2D eigenvalue weighted by molar-refractivity contribution is -0.479. The van der Waals surface area contributed by atoms with Crippen LogP contribution in [0.15, 0.2) is 0 Å². The lowest BCUT2D eigenvalue weighted by atomic mass is 10.3. The predicted molar refractivity (Wildman–Crippen MR) is 195 cm³/mol. The first-order valence-corrected chi connectivity index (χ1v) is 23.5. The highest BCUT2D eigenvalue weighted by molar-refractivity contribution is 7.99. The van der Waals surface area contributed by atoms with Gasteiger partial charge in [-0.2, -0.15) is 11.8 Å². The fourth-order valence-corrected chi connectivity index (χ4v) is 8.67. The number of nitrogens with one attached hydrogen (secondary N) is 2. The number of thioether (sulfide) groups is 1. The molecule has 49 heavy (non-hydrogen) atoms. The topological polar surface area (TPSA) is 251 Å². The van der Waals surface area contributed by atoms with E-state index in [2.05, 4.69) is 20.6 Å². The molecule has 5 fully saturated rings. The van der Waals surface area contributed by atoms with Gasteiger partial charge in [0.25, 0.3) is 0 Å². The Morgan fingerprint density at radius 2 is 1.18 bits per heavy atom. The highest BCUT2D eigenvalue weighted by Crippen LogP contribution is 2.09. The third-order valence-corrected chi connectivity index (χ3v) is 13.5. The van der Waals surface area contributed by atoms with Gasteiger partial charge in [0.2, 0.25) is 0 Å². The van der Waals surface area contributed by atoms with Gasteiger partial charge in [0.1, 0.15) is 0 Å². The summed E-state index contributed by atoms with van der Waals surface area (Å²) < 4.78 is 70.1. The van der Waals surface area contributed by atoms with E-state index < -0.39 is 41.7 Å². The Labute approximate surface area is 306 Å². The van der Waals surface area contributed by atoms with Gasteiger partial charge >= 0.3 is 0 Å². The van der Waals surface area contributed by atoms with Crippen molar-refractivity contribution < 1.29 is 55.4 Å². The van der Waals surface area contributed by atoms with E-state index in [0.717, 1.165) is 6.61 Å². The molecular formula is C26H57Cl2N5O12S4. The van der Waals surface area contributed by atoms with Crippen LogP contribution in [0.2, 0.25) is 0 Å². The Bertz CT molecular complexity index is 1030. The monoisotopic (exact) mass is 829 g/mol. The molecule has 5 rings (SSSR count). The number of alkyl halides is 2. The lowest BCUT2D eigenvalue weighted by Crippen LogP contribution is -2.45. The van der Waals surface area contributed by atoms with Crippen molar-refractivity contribution in [2.24, 2.45) is 5.73 Å². The first-order chi connectivity index (χ1) is 23.1. The van der Waals surface area contributed by atoms with Crippen molar-refractivity contribution in [2.75, 3.05) is 143 Å². The lowest BCUT2D eigenvalue weighted by Gasteiger charge is -2.27. The second-order valence-corrected chi connectivity index (χ2v) is 20.0. The number of hydrogen-bond donors (Lipinski definition) is 6. The zero-order chi connectivity index (χ0) is 37.2. The second kappa shape index (κ2) is 28.8. The van der Waals surface area contributed by atoms with Gasteiger partial charge in [-0.3, -0.25) is 9.80 Å². The molecule has 3 unspecified atom stereocenters. The highest BCUT2D eigenvalue weighted by atomic mass is 35.5. The minimum atomic E-state index is -2.81. The van der Waals surface area contributed by atoms with Gasteiger partial charge in [0, 0.05) is 89.4 Å². The summed E-state index contributed by atoms with van der Waals surface area (Å²) in [7, 11) is -7.06. The number of halogens is 2. The molecule has 0 radical (unpaired) electrons. The SMILES string of the molecule is C1CSCCN1.COOO.ClCC1CO1.NCC(O)CN1CCS(=O)(=O)CC1.O=S1(=O)CCN(CC(O)CCl)CC1.O=S1(=O)CCNCC1. The molecule has 0 bridgehead atoms. The van der Waals surface area contributed by atoms with Gasteiger partial charge in [0.05, 0.1) is 72.4 Å². The van der Waals surface area contributed by atoms with Crippen molar-refractivity contribution in [3.05, 3.63) is 0 Å². The van der Waals surface area contributed by atoms with Gasteiger partial charge in [-0.15, -0.1) is 23.2 Å². The molecule has 0 aliphatic carbocycles. The Morgan fingerprint density at radius 1 is 0.796 bits per heavy atom. The summed E-state index contributed by atoms with van der Waals surface area (Å²) in [5, 5.41) is 34.9. The predicted octanol–water partition coefficient (Wildman–Crippen LogP) is -2.66. The van der Waals surface area contributed by atoms with Gasteiger partial charge in [-0.1, -0.05) is 5.04 Å². The quantitative estimate of drug-likeness (QED) is 0.0632. The Kier molecular flexibility index (Phi) is 29.0. The minimum absolute atomic E-state index is 0.196. The molecule has 0 aromatic rings. The molecular weight excluding hydrogens is 773 g/mol. The Morgan fingerprint density at radius 3 is 1.41 bits per heavy atom. The molecule has 5 heterocycles. The number of ether oxygens (including phenoxy) is 1. The van der Waals surface area contributed by atoms with Gasteiger partial charge in [-0.25, -0.2) is 35.4 Å². The molecule has 0 amide bonds. The van der Waals surface area contributed by atoms with Crippen LogP contribution in [-0.4, -0.2) is 212 Å².